The Morgan fingerprint density at radius 1 is 0.938 bits per heavy atom. The molecule has 4 amide bonds. The molecule has 2 aliphatic heterocycles. The summed E-state index contributed by atoms with van der Waals surface area (Å²) in [6.07, 6.45) is 1.11. The van der Waals surface area contributed by atoms with Gasteiger partial charge in [-0.25, -0.2) is 0 Å². The second-order valence-electron chi connectivity index (χ2n) is 7.93. The number of nitrogens with zero attached hydrogens (tertiary/aromatic N) is 2. The number of carbonyl (C=O) groups excluding carboxylic acids is 4. The van der Waals surface area contributed by atoms with Crippen LogP contribution in [0.5, 0.6) is 11.5 Å². The number of benzene rings is 2. The highest BCUT2D eigenvalue weighted by Gasteiger charge is 2.35. The van der Waals surface area contributed by atoms with E-state index in [1.807, 2.05) is 0 Å². The molecule has 0 spiro atoms. The number of imide groups is 1. The fourth-order valence-electron chi connectivity index (χ4n) is 4.08. The molecule has 0 unspecified atom stereocenters. The summed E-state index contributed by atoms with van der Waals surface area (Å²) in [6, 6.07) is 10.2. The predicted octanol–water partition coefficient (Wildman–Crippen LogP) is 1.50. The SMILES string of the molecule is O=C(CCN1C(=O)c2ccccc2C1=O)NC1CCN(C(=O)c2cc(O)cc(O)c2)CC1. The summed E-state index contributed by atoms with van der Waals surface area (Å²) in [7, 11) is 0. The lowest BCUT2D eigenvalue weighted by Crippen LogP contribution is -2.47. The van der Waals surface area contributed by atoms with E-state index in [1.165, 1.54) is 12.1 Å². The van der Waals surface area contributed by atoms with Crippen molar-refractivity contribution in [3.63, 3.8) is 0 Å². The number of fused-ring (bicyclic) bond motifs is 1. The zero-order valence-electron chi connectivity index (χ0n) is 17.3. The van der Waals surface area contributed by atoms with Gasteiger partial charge >= 0.3 is 0 Å². The molecule has 3 N–H and O–H groups in total. The van der Waals surface area contributed by atoms with E-state index >= 15 is 0 Å². The summed E-state index contributed by atoms with van der Waals surface area (Å²) >= 11 is 0. The van der Waals surface area contributed by atoms with Gasteiger partial charge in [0.25, 0.3) is 17.7 Å². The lowest BCUT2D eigenvalue weighted by Gasteiger charge is -2.32. The summed E-state index contributed by atoms with van der Waals surface area (Å²) in [5, 5.41) is 22.0. The second-order valence-corrected chi connectivity index (χ2v) is 7.93. The Labute approximate surface area is 184 Å². The first kappa shape index (κ1) is 21.4. The lowest BCUT2D eigenvalue weighted by molar-refractivity contribution is -0.122. The number of hydrogen-bond donors (Lipinski definition) is 3. The van der Waals surface area contributed by atoms with Gasteiger partial charge in [-0.3, -0.25) is 24.1 Å². The van der Waals surface area contributed by atoms with Crippen molar-refractivity contribution in [3.8, 4) is 11.5 Å². The molecule has 4 rings (SSSR count). The molecule has 2 aromatic rings. The topological polar surface area (TPSA) is 127 Å². The van der Waals surface area contributed by atoms with Gasteiger partial charge < -0.3 is 20.4 Å². The lowest BCUT2D eigenvalue weighted by atomic mass is 10.0. The third-order valence-corrected chi connectivity index (χ3v) is 5.74. The Balaban J connectivity index is 1.25. The van der Waals surface area contributed by atoms with Crippen molar-refractivity contribution in [3.05, 3.63) is 59.2 Å². The van der Waals surface area contributed by atoms with E-state index in [2.05, 4.69) is 5.32 Å². The van der Waals surface area contributed by atoms with Gasteiger partial charge in [0.2, 0.25) is 5.91 Å². The molecule has 9 nitrogen and oxygen atoms in total. The standard InChI is InChI=1S/C23H23N3O6/c27-16-11-14(12-17(28)13-16)21(30)25-8-5-15(6-9-25)24-20(29)7-10-26-22(31)18-3-1-2-4-19(18)23(26)32/h1-4,11-13,15,27-28H,5-10H2,(H,24,29). The minimum absolute atomic E-state index is 0.00713. The Morgan fingerprint density at radius 2 is 1.50 bits per heavy atom. The first-order valence-corrected chi connectivity index (χ1v) is 10.4. The highest BCUT2D eigenvalue weighted by Crippen LogP contribution is 2.24. The van der Waals surface area contributed by atoms with Crippen molar-refractivity contribution >= 4 is 23.6 Å². The fraction of sp³-hybridized carbons (Fsp3) is 0.304. The predicted molar refractivity (Wildman–Crippen MR) is 113 cm³/mol. The minimum Gasteiger partial charge on any atom is -0.508 e. The van der Waals surface area contributed by atoms with Crippen LogP contribution in [0.15, 0.2) is 42.5 Å². The Bertz CT molecular complexity index is 1040. The fourth-order valence-corrected chi connectivity index (χ4v) is 4.08. The first-order valence-electron chi connectivity index (χ1n) is 10.4. The summed E-state index contributed by atoms with van der Waals surface area (Å²) in [6.45, 7) is 0.841. The molecule has 0 saturated carbocycles. The number of rotatable bonds is 5. The monoisotopic (exact) mass is 437 g/mol. The number of amides is 4. The molecular weight excluding hydrogens is 414 g/mol. The van der Waals surface area contributed by atoms with Gasteiger partial charge in [-0.1, -0.05) is 12.1 Å². The van der Waals surface area contributed by atoms with Crippen LogP contribution >= 0.6 is 0 Å². The average molecular weight is 437 g/mol. The minimum atomic E-state index is -0.386. The van der Waals surface area contributed by atoms with Crippen LogP contribution in [-0.4, -0.2) is 69.3 Å². The van der Waals surface area contributed by atoms with E-state index in [9.17, 15) is 29.4 Å². The molecule has 0 aromatic heterocycles. The Morgan fingerprint density at radius 3 is 2.06 bits per heavy atom. The summed E-state index contributed by atoms with van der Waals surface area (Å²) in [5.74, 6) is -1.70. The van der Waals surface area contributed by atoms with Gasteiger partial charge in [0, 0.05) is 43.7 Å². The van der Waals surface area contributed by atoms with E-state index < -0.39 is 0 Å². The van der Waals surface area contributed by atoms with Gasteiger partial charge in [0.1, 0.15) is 11.5 Å². The number of likely N-dealkylation sites (tertiary alicyclic amines) is 1. The van der Waals surface area contributed by atoms with Crippen LogP contribution in [0.4, 0.5) is 0 Å². The highest BCUT2D eigenvalue weighted by atomic mass is 16.3. The summed E-state index contributed by atoms with van der Waals surface area (Å²) in [4.78, 5) is 52.4. The van der Waals surface area contributed by atoms with Crippen LogP contribution in [0.3, 0.4) is 0 Å². The average Bonchev–Trinajstić information content (AvgIpc) is 3.02. The van der Waals surface area contributed by atoms with Crippen LogP contribution in [0, 0.1) is 0 Å². The van der Waals surface area contributed by atoms with E-state index in [4.69, 9.17) is 0 Å². The molecule has 0 radical (unpaired) electrons. The number of nitrogens with one attached hydrogen (secondary N) is 1. The molecule has 166 valence electrons. The molecule has 1 fully saturated rings. The molecule has 0 bridgehead atoms. The maximum absolute atomic E-state index is 12.6. The van der Waals surface area contributed by atoms with Crippen LogP contribution in [0.1, 0.15) is 50.3 Å². The van der Waals surface area contributed by atoms with Gasteiger partial charge in [0.15, 0.2) is 0 Å². The molecule has 1 saturated heterocycles. The Hall–Kier alpha value is -3.88. The molecule has 0 aliphatic carbocycles. The van der Waals surface area contributed by atoms with Gasteiger partial charge in [0.05, 0.1) is 11.1 Å². The molecular formula is C23H23N3O6. The van der Waals surface area contributed by atoms with Gasteiger partial charge in [-0.05, 0) is 37.1 Å². The number of phenolic OH excluding ortho intramolecular Hbond substituents is 2. The normalized spacial score (nSPS) is 16.2. The van der Waals surface area contributed by atoms with E-state index in [-0.39, 0.29) is 59.7 Å². The van der Waals surface area contributed by atoms with Gasteiger partial charge in [-0.2, -0.15) is 0 Å². The second kappa shape index (κ2) is 8.70. The summed E-state index contributed by atoms with van der Waals surface area (Å²) < 4.78 is 0. The van der Waals surface area contributed by atoms with Crippen molar-refractivity contribution in [1.82, 2.24) is 15.1 Å². The molecule has 9 heteroatoms. The maximum atomic E-state index is 12.6. The van der Waals surface area contributed by atoms with E-state index in [1.54, 1.807) is 29.2 Å². The number of hydrogen-bond acceptors (Lipinski definition) is 6. The molecule has 2 aromatic carbocycles. The smallest absolute Gasteiger partial charge is 0.261 e. The number of phenols is 2. The quantitative estimate of drug-likeness (QED) is 0.609. The van der Waals surface area contributed by atoms with Crippen molar-refractivity contribution in [2.75, 3.05) is 19.6 Å². The van der Waals surface area contributed by atoms with E-state index in [0.29, 0.717) is 37.1 Å². The van der Waals surface area contributed by atoms with Crippen LogP contribution in [0.2, 0.25) is 0 Å². The summed E-state index contributed by atoms with van der Waals surface area (Å²) in [5.41, 5.74) is 0.913. The maximum Gasteiger partial charge on any atom is 0.261 e. The molecule has 2 heterocycles. The first-order chi connectivity index (χ1) is 15.3. The van der Waals surface area contributed by atoms with Crippen LogP contribution in [-0.2, 0) is 4.79 Å². The zero-order chi connectivity index (χ0) is 22.8. The van der Waals surface area contributed by atoms with Crippen LogP contribution in [0.25, 0.3) is 0 Å². The van der Waals surface area contributed by atoms with Gasteiger partial charge in [-0.15, -0.1) is 0 Å². The molecule has 0 atom stereocenters. The number of carbonyl (C=O) groups is 4. The van der Waals surface area contributed by atoms with Crippen molar-refractivity contribution < 1.29 is 29.4 Å². The largest absolute Gasteiger partial charge is 0.508 e. The van der Waals surface area contributed by atoms with Crippen molar-refractivity contribution in [1.29, 1.82) is 0 Å². The third-order valence-electron chi connectivity index (χ3n) is 5.74. The number of piperidine rings is 1. The van der Waals surface area contributed by atoms with Crippen molar-refractivity contribution in [2.45, 2.75) is 25.3 Å². The van der Waals surface area contributed by atoms with Crippen LogP contribution < -0.4 is 5.32 Å². The zero-order valence-corrected chi connectivity index (χ0v) is 17.3. The Kier molecular flexibility index (Phi) is 5.81. The molecule has 2 aliphatic rings. The highest BCUT2D eigenvalue weighted by molar-refractivity contribution is 6.21. The van der Waals surface area contributed by atoms with Crippen molar-refractivity contribution in [2.24, 2.45) is 0 Å². The molecule has 32 heavy (non-hydrogen) atoms. The number of aromatic hydroxyl groups is 2. The third kappa shape index (κ3) is 4.27. The van der Waals surface area contributed by atoms with E-state index in [0.717, 1.165) is 11.0 Å².